The highest BCUT2D eigenvalue weighted by molar-refractivity contribution is 14.1. The molecule has 6 aromatic rings. The predicted octanol–water partition coefficient (Wildman–Crippen LogP) is 13.2. The second-order valence-electron chi connectivity index (χ2n) is 13.7. The van der Waals surface area contributed by atoms with E-state index in [-0.39, 0.29) is 19.8 Å². The summed E-state index contributed by atoms with van der Waals surface area (Å²) in [5, 5.41) is 31.0. The van der Waals surface area contributed by atoms with Crippen LogP contribution in [0.5, 0.6) is 17.2 Å². The van der Waals surface area contributed by atoms with Crippen molar-refractivity contribution in [2.75, 3.05) is 21.3 Å². The fourth-order valence-electron chi connectivity index (χ4n) is 6.60. The summed E-state index contributed by atoms with van der Waals surface area (Å²) < 4.78 is 24.5. The Morgan fingerprint density at radius 1 is 0.458 bits per heavy atom. The molecule has 0 unspecified atom stereocenters. The van der Waals surface area contributed by atoms with Crippen LogP contribution in [0.2, 0.25) is 13.1 Å². The standard InChI is InChI=1S/C16H16Br2O2Si.C14H10Br2I2O2.C14H12I2O2/c1-20-14-5-11-10-4-9(8-19)12(17)6-15(10)21(2,3)16(11)7-13(14)18;1-20-14-3-9(13(18)5-11(14)16)8-2-7(6-19)10(15)4-12(8)17;1-18-10-3-5-14(16)12(7-10)11-6-9(8-17)2-4-13(11)15/h4-7,19H,8H2,1-3H3;2-5,19H,6H2,1H3;2-7,17H,8H2,1H3. The van der Waals surface area contributed by atoms with E-state index in [0.717, 1.165) is 84.8 Å². The van der Waals surface area contributed by atoms with Crippen molar-refractivity contribution in [1.29, 1.82) is 0 Å². The number of fused-ring (bicyclic) bond motifs is 3. The van der Waals surface area contributed by atoms with E-state index >= 15 is 0 Å². The molecule has 7 rings (SSSR count). The lowest BCUT2D eigenvalue weighted by molar-refractivity contribution is 0.281. The molecular formula is C44H38Br4I4O6Si. The number of methoxy groups -OCH3 is 3. The summed E-state index contributed by atoms with van der Waals surface area (Å²) >= 11 is 23.4. The van der Waals surface area contributed by atoms with Crippen molar-refractivity contribution in [2.45, 2.75) is 32.9 Å². The average molecular weight is 1520 g/mol. The quantitative estimate of drug-likeness (QED) is 0.104. The van der Waals surface area contributed by atoms with Gasteiger partial charge in [0.25, 0.3) is 0 Å². The summed E-state index contributed by atoms with van der Waals surface area (Å²) in [6.45, 7) is 4.83. The molecule has 6 aromatic carbocycles. The lowest BCUT2D eigenvalue weighted by Crippen LogP contribution is -2.49. The maximum absolute atomic E-state index is 9.52. The summed E-state index contributed by atoms with van der Waals surface area (Å²) in [5.74, 6) is 2.49. The van der Waals surface area contributed by atoms with E-state index in [1.54, 1.807) is 21.3 Å². The Morgan fingerprint density at radius 3 is 1.42 bits per heavy atom. The van der Waals surface area contributed by atoms with Crippen LogP contribution < -0.4 is 24.6 Å². The number of ether oxygens (including phenoxy) is 3. The van der Waals surface area contributed by atoms with Crippen LogP contribution in [0.15, 0.2) is 103 Å². The second-order valence-corrected chi connectivity index (χ2v) is 26.1. The van der Waals surface area contributed by atoms with Crippen molar-refractivity contribution in [1.82, 2.24) is 0 Å². The molecule has 0 bridgehead atoms. The predicted molar refractivity (Wildman–Crippen MR) is 291 cm³/mol. The number of benzene rings is 6. The molecule has 59 heavy (non-hydrogen) atoms. The van der Waals surface area contributed by atoms with Crippen LogP contribution >= 0.6 is 154 Å². The highest BCUT2D eigenvalue weighted by Gasteiger charge is 2.38. The molecule has 15 heteroatoms. The number of hydrogen-bond acceptors (Lipinski definition) is 6. The monoisotopic (exact) mass is 1510 g/mol. The van der Waals surface area contributed by atoms with Gasteiger partial charge in [0.2, 0.25) is 0 Å². The Balaban J connectivity index is 0.000000169. The smallest absolute Gasteiger partial charge is 0.133 e. The van der Waals surface area contributed by atoms with E-state index in [1.807, 2.05) is 60.7 Å². The highest BCUT2D eigenvalue weighted by atomic mass is 127. The fraction of sp³-hybridized carbons (Fsp3) is 0.182. The summed E-state index contributed by atoms with van der Waals surface area (Å²) in [7, 11) is 3.30. The van der Waals surface area contributed by atoms with Gasteiger partial charge in [-0.2, -0.15) is 0 Å². The summed E-state index contributed by atoms with van der Waals surface area (Å²) in [4.78, 5) is 0. The zero-order valence-electron chi connectivity index (χ0n) is 32.3. The zero-order chi connectivity index (χ0) is 43.3. The summed E-state index contributed by atoms with van der Waals surface area (Å²) in [6.07, 6.45) is 0. The van der Waals surface area contributed by atoms with Crippen molar-refractivity contribution < 1.29 is 29.5 Å². The molecule has 1 aliphatic rings. The number of rotatable bonds is 8. The van der Waals surface area contributed by atoms with Gasteiger partial charge in [-0.15, -0.1) is 0 Å². The Labute approximate surface area is 434 Å². The van der Waals surface area contributed by atoms with E-state index in [1.165, 1.54) is 25.1 Å². The summed E-state index contributed by atoms with van der Waals surface area (Å²) in [5.41, 5.74) is 9.64. The number of aliphatic hydroxyl groups is 3. The lowest BCUT2D eigenvalue weighted by atomic mass is 10.0. The van der Waals surface area contributed by atoms with Crippen LogP contribution in [0.25, 0.3) is 33.4 Å². The fourth-order valence-corrected chi connectivity index (χ4v) is 15.7. The van der Waals surface area contributed by atoms with Crippen molar-refractivity contribution in [3.63, 3.8) is 0 Å². The number of aliphatic hydroxyl groups excluding tert-OH is 3. The normalized spacial score (nSPS) is 12.1. The third kappa shape index (κ3) is 11.3. The molecule has 0 saturated heterocycles. The minimum Gasteiger partial charge on any atom is -0.497 e. The maximum Gasteiger partial charge on any atom is 0.133 e. The van der Waals surface area contributed by atoms with Crippen LogP contribution in [-0.4, -0.2) is 44.7 Å². The van der Waals surface area contributed by atoms with Crippen molar-refractivity contribution >= 4 is 173 Å². The molecule has 0 aromatic heterocycles. The molecule has 1 heterocycles. The Hall–Kier alpha value is -0.343. The van der Waals surface area contributed by atoms with E-state index < -0.39 is 8.07 Å². The molecule has 0 atom stereocenters. The molecule has 1 aliphatic heterocycles. The largest absolute Gasteiger partial charge is 0.497 e. The molecule has 0 spiro atoms. The first-order chi connectivity index (χ1) is 28.0. The molecule has 0 amide bonds. The van der Waals surface area contributed by atoms with Crippen molar-refractivity contribution in [3.8, 4) is 50.6 Å². The molecule has 6 nitrogen and oxygen atoms in total. The SMILES string of the molecule is COc1cc(-c2cc(CO)c(Br)cc2I)c(I)cc1Br.COc1cc2c(cc1Br)[Si](C)(C)c1cc(Br)c(CO)cc1-2.COc1ccc(I)c(-c2cc(CO)ccc2I)c1. The molecule has 0 saturated carbocycles. The van der Waals surface area contributed by atoms with E-state index in [0.29, 0.717) is 0 Å². The van der Waals surface area contributed by atoms with Gasteiger partial charge >= 0.3 is 0 Å². The van der Waals surface area contributed by atoms with E-state index in [2.05, 4.69) is 191 Å². The van der Waals surface area contributed by atoms with Gasteiger partial charge in [0, 0.05) is 23.2 Å². The highest BCUT2D eigenvalue weighted by Crippen LogP contribution is 2.40. The maximum atomic E-state index is 9.52. The summed E-state index contributed by atoms with van der Waals surface area (Å²) in [6, 6.07) is 28.7. The average Bonchev–Trinajstić information content (AvgIpc) is 3.42. The van der Waals surface area contributed by atoms with Crippen LogP contribution in [0.3, 0.4) is 0 Å². The first-order valence-corrected chi connectivity index (χ1v) is 28.2. The minimum atomic E-state index is -1.71. The van der Waals surface area contributed by atoms with Crippen molar-refractivity contribution in [2.24, 2.45) is 0 Å². The van der Waals surface area contributed by atoms with Crippen LogP contribution in [-0.2, 0) is 19.8 Å². The van der Waals surface area contributed by atoms with Gasteiger partial charge in [0.15, 0.2) is 0 Å². The van der Waals surface area contributed by atoms with Crippen LogP contribution in [0.1, 0.15) is 16.7 Å². The molecule has 0 radical (unpaired) electrons. The van der Waals surface area contributed by atoms with Gasteiger partial charge in [-0.05, 0) is 262 Å². The third-order valence-electron chi connectivity index (χ3n) is 9.80. The van der Waals surface area contributed by atoms with E-state index in [9.17, 15) is 15.3 Å². The van der Waals surface area contributed by atoms with Crippen molar-refractivity contribution in [3.05, 3.63) is 134 Å². The minimum absolute atomic E-state index is 0.00868. The first kappa shape index (κ1) is 49.7. The Bertz CT molecular complexity index is 2350. The van der Waals surface area contributed by atoms with Gasteiger partial charge in [-0.3, -0.25) is 0 Å². The molecule has 0 aliphatic carbocycles. The Kier molecular flexibility index (Phi) is 18.5. The topological polar surface area (TPSA) is 88.4 Å². The molecular weight excluding hydrogens is 1480 g/mol. The molecule has 0 fully saturated rings. The first-order valence-electron chi connectivity index (χ1n) is 17.7. The molecule has 310 valence electrons. The van der Waals surface area contributed by atoms with Gasteiger partial charge in [-0.1, -0.05) is 51.0 Å². The second kappa shape index (κ2) is 22.0. The van der Waals surface area contributed by atoms with Gasteiger partial charge < -0.3 is 29.5 Å². The number of hydrogen-bond donors (Lipinski definition) is 3. The van der Waals surface area contributed by atoms with Crippen LogP contribution in [0.4, 0.5) is 0 Å². The van der Waals surface area contributed by atoms with Crippen LogP contribution in [0, 0.1) is 14.3 Å². The number of halogens is 8. The van der Waals surface area contributed by atoms with E-state index in [4.69, 9.17) is 14.2 Å². The van der Waals surface area contributed by atoms with Gasteiger partial charge in [0.1, 0.15) is 25.3 Å². The van der Waals surface area contributed by atoms with Gasteiger partial charge in [-0.25, -0.2) is 0 Å². The Morgan fingerprint density at radius 2 is 0.881 bits per heavy atom. The lowest BCUT2D eigenvalue weighted by Gasteiger charge is -2.20. The third-order valence-corrected chi connectivity index (χ3v) is 19.7. The van der Waals surface area contributed by atoms with Gasteiger partial charge in [0.05, 0.1) is 50.1 Å². The zero-order valence-corrected chi connectivity index (χ0v) is 48.3. The molecule has 3 N–H and O–H groups in total.